The van der Waals surface area contributed by atoms with Crippen LogP contribution in [0.5, 0.6) is 0 Å². The standard InChI is InChI=1S/C33H24ClN3O4S2/c1-18-6-14-24(15-7-18)37-30(39)27-26(20-8-11-22(34)12-9-20)29-32(42-28(27)31(37)40)36(33(41)43-29)17-25(38)35-23-13-10-19-4-2-3-5-21(19)16-23/h2-16,26-28H,17H2,1H3,(H,35,38)/t26-,27?,28?/m1/s1. The number of nitrogens with one attached hydrogen (secondary N) is 1. The van der Waals surface area contributed by atoms with Crippen LogP contribution in [-0.4, -0.2) is 27.5 Å². The van der Waals surface area contributed by atoms with Gasteiger partial charge >= 0.3 is 4.87 Å². The lowest BCUT2D eigenvalue weighted by Gasteiger charge is -2.30. The molecule has 0 bridgehead atoms. The van der Waals surface area contributed by atoms with Crippen molar-refractivity contribution in [2.75, 3.05) is 10.2 Å². The van der Waals surface area contributed by atoms with Gasteiger partial charge in [-0.2, -0.15) is 0 Å². The van der Waals surface area contributed by atoms with Crippen LogP contribution in [0.25, 0.3) is 10.8 Å². The molecule has 0 radical (unpaired) electrons. The van der Waals surface area contributed by atoms with Crippen LogP contribution >= 0.6 is 34.7 Å². The Morgan fingerprint density at radius 2 is 1.60 bits per heavy atom. The maximum Gasteiger partial charge on any atom is 0.308 e. The first kappa shape index (κ1) is 27.6. The number of rotatable bonds is 5. The number of imide groups is 1. The molecule has 1 fully saturated rings. The highest BCUT2D eigenvalue weighted by molar-refractivity contribution is 8.00. The minimum absolute atomic E-state index is 0.223. The maximum absolute atomic E-state index is 14.0. The van der Waals surface area contributed by atoms with Crippen LogP contribution in [0.15, 0.2) is 101 Å². The average molecular weight is 626 g/mol. The predicted octanol–water partition coefficient (Wildman–Crippen LogP) is 6.46. The monoisotopic (exact) mass is 625 g/mol. The zero-order valence-electron chi connectivity index (χ0n) is 22.8. The first-order chi connectivity index (χ1) is 20.8. The van der Waals surface area contributed by atoms with E-state index >= 15 is 0 Å². The summed E-state index contributed by atoms with van der Waals surface area (Å²) in [5.74, 6) is -2.27. The van der Waals surface area contributed by atoms with E-state index in [0.29, 0.717) is 26.3 Å². The number of benzene rings is 4. The number of aromatic nitrogens is 1. The molecule has 7 rings (SSSR count). The molecule has 3 heterocycles. The molecule has 1 N–H and O–H groups in total. The van der Waals surface area contributed by atoms with Crippen LogP contribution in [-0.2, 0) is 20.9 Å². The van der Waals surface area contributed by atoms with Gasteiger partial charge in [0.05, 0.1) is 16.6 Å². The van der Waals surface area contributed by atoms with Crippen molar-refractivity contribution >= 4 is 74.6 Å². The van der Waals surface area contributed by atoms with Gasteiger partial charge in [-0.05, 0) is 59.7 Å². The minimum Gasteiger partial charge on any atom is -0.325 e. The largest absolute Gasteiger partial charge is 0.325 e. The summed E-state index contributed by atoms with van der Waals surface area (Å²) in [5.41, 5.74) is 2.93. The van der Waals surface area contributed by atoms with Crippen molar-refractivity contribution in [2.24, 2.45) is 5.92 Å². The Balaban J connectivity index is 1.26. The van der Waals surface area contributed by atoms with E-state index in [0.717, 1.165) is 33.2 Å². The SMILES string of the molecule is Cc1ccc(N2C(=O)C3Sc4c(sc(=O)n4CC(=O)Nc4ccc5ccccc5c4)[C@H](c4ccc(Cl)cc4)C3C2=O)cc1. The van der Waals surface area contributed by atoms with Crippen molar-refractivity contribution in [3.63, 3.8) is 0 Å². The molecule has 1 aromatic heterocycles. The fourth-order valence-electron chi connectivity index (χ4n) is 5.84. The molecular weight excluding hydrogens is 602 g/mol. The number of thiazole rings is 1. The molecule has 3 amide bonds. The molecule has 7 nitrogen and oxygen atoms in total. The highest BCUT2D eigenvalue weighted by Crippen LogP contribution is 2.54. The molecule has 5 aromatic rings. The third-order valence-corrected chi connectivity index (χ3v) is 10.8. The molecule has 2 unspecified atom stereocenters. The van der Waals surface area contributed by atoms with Gasteiger partial charge < -0.3 is 5.32 Å². The number of aryl methyl sites for hydroxylation is 1. The third kappa shape index (κ3) is 4.87. The molecule has 0 spiro atoms. The summed E-state index contributed by atoms with van der Waals surface area (Å²) < 4.78 is 1.42. The zero-order chi connectivity index (χ0) is 29.8. The van der Waals surface area contributed by atoms with Crippen molar-refractivity contribution in [1.82, 2.24) is 4.57 Å². The maximum atomic E-state index is 14.0. The van der Waals surface area contributed by atoms with Crippen LogP contribution in [0.3, 0.4) is 0 Å². The Morgan fingerprint density at radius 1 is 0.884 bits per heavy atom. The molecule has 2 aliphatic heterocycles. The molecule has 0 aliphatic carbocycles. The number of hydrogen-bond donors (Lipinski definition) is 1. The zero-order valence-corrected chi connectivity index (χ0v) is 25.2. The lowest BCUT2D eigenvalue weighted by molar-refractivity contribution is -0.122. The first-order valence-electron chi connectivity index (χ1n) is 13.7. The fourth-order valence-corrected chi connectivity index (χ4v) is 8.74. The third-order valence-electron chi connectivity index (χ3n) is 7.91. The van der Waals surface area contributed by atoms with Crippen molar-refractivity contribution in [2.45, 2.75) is 29.7 Å². The lowest BCUT2D eigenvalue weighted by Crippen LogP contribution is -2.33. The van der Waals surface area contributed by atoms with Gasteiger partial charge in [0.25, 0.3) is 0 Å². The number of halogens is 1. The van der Waals surface area contributed by atoms with Crippen LogP contribution in [0.1, 0.15) is 21.9 Å². The number of nitrogens with zero attached hydrogens (tertiary/aromatic N) is 2. The lowest BCUT2D eigenvalue weighted by atomic mass is 9.83. The molecule has 3 atom stereocenters. The van der Waals surface area contributed by atoms with E-state index in [-0.39, 0.29) is 29.1 Å². The summed E-state index contributed by atoms with van der Waals surface area (Å²) in [6.45, 7) is 1.72. The number of amides is 3. The molecule has 1 saturated heterocycles. The van der Waals surface area contributed by atoms with E-state index in [1.807, 2.05) is 73.7 Å². The van der Waals surface area contributed by atoms with E-state index in [2.05, 4.69) is 5.32 Å². The number of carbonyl (C=O) groups excluding carboxylic acids is 3. The molecule has 0 saturated carbocycles. The summed E-state index contributed by atoms with van der Waals surface area (Å²) in [4.78, 5) is 56.1. The van der Waals surface area contributed by atoms with Gasteiger partial charge in [0.2, 0.25) is 17.7 Å². The van der Waals surface area contributed by atoms with Crippen LogP contribution in [0, 0.1) is 12.8 Å². The van der Waals surface area contributed by atoms with Crippen molar-refractivity contribution in [3.8, 4) is 0 Å². The number of hydrogen-bond acceptors (Lipinski definition) is 6. The van der Waals surface area contributed by atoms with Gasteiger partial charge in [0.1, 0.15) is 11.8 Å². The summed E-state index contributed by atoms with van der Waals surface area (Å²) in [7, 11) is 0. The van der Waals surface area contributed by atoms with Gasteiger partial charge in [-0.3, -0.25) is 23.7 Å². The minimum atomic E-state index is -0.759. The highest BCUT2D eigenvalue weighted by atomic mass is 35.5. The number of carbonyl (C=O) groups is 3. The summed E-state index contributed by atoms with van der Waals surface area (Å²) >= 11 is 8.40. The molecule has 10 heteroatoms. The van der Waals surface area contributed by atoms with Gasteiger partial charge in [-0.25, -0.2) is 4.90 Å². The van der Waals surface area contributed by atoms with Crippen molar-refractivity contribution in [1.29, 1.82) is 0 Å². The summed E-state index contributed by atoms with van der Waals surface area (Å²) in [6.07, 6.45) is 0. The van der Waals surface area contributed by atoms with Crippen LogP contribution in [0.4, 0.5) is 11.4 Å². The smallest absolute Gasteiger partial charge is 0.308 e. The van der Waals surface area contributed by atoms with Gasteiger partial charge in [0, 0.05) is 21.5 Å². The molecular formula is C33H24ClN3O4S2. The van der Waals surface area contributed by atoms with Crippen LogP contribution < -0.4 is 15.1 Å². The Morgan fingerprint density at radius 3 is 2.35 bits per heavy atom. The number of thioether (sulfide) groups is 1. The van der Waals surface area contributed by atoms with E-state index in [9.17, 15) is 19.2 Å². The second kappa shape index (κ2) is 10.8. The summed E-state index contributed by atoms with van der Waals surface area (Å²) in [5, 5.41) is 5.26. The van der Waals surface area contributed by atoms with E-state index < -0.39 is 17.1 Å². The summed E-state index contributed by atoms with van der Waals surface area (Å²) in [6, 6.07) is 27.9. The second-order valence-corrected chi connectivity index (χ2v) is 13.2. The van der Waals surface area contributed by atoms with Crippen molar-refractivity contribution < 1.29 is 14.4 Å². The normalized spacial score (nSPS) is 19.4. The number of fused-ring (bicyclic) bond motifs is 3. The fraction of sp³-hybridized carbons (Fsp3) is 0.152. The quantitative estimate of drug-likeness (QED) is 0.227. The second-order valence-electron chi connectivity index (χ2n) is 10.7. The van der Waals surface area contributed by atoms with Gasteiger partial charge in [-0.1, -0.05) is 94.9 Å². The Bertz CT molecular complexity index is 1980. The highest BCUT2D eigenvalue weighted by Gasteiger charge is 2.56. The Kier molecular flexibility index (Phi) is 6.96. The average Bonchev–Trinajstić information content (AvgIpc) is 3.44. The molecule has 2 aliphatic rings. The molecule has 43 heavy (non-hydrogen) atoms. The topological polar surface area (TPSA) is 88.5 Å². The van der Waals surface area contributed by atoms with Crippen LogP contribution in [0.2, 0.25) is 5.02 Å². The van der Waals surface area contributed by atoms with E-state index in [4.69, 9.17) is 11.6 Å². The Labute approximate surface area is 260 Å². The molecule has 214 valence electrons. The van der Waals surface area contributed by atoms with E-state index in [1.54, 1.807) is 24.3 Å². The van der Waals surface area contributed by atoms with E-state index in [1.165, 1.54) is 21.2 Å². The van der Waals surface area contributed by atoms with Gasteiger partial charge in [-0.15, -0.1) is 0 Å². The Hall–Kier alpha value is -4.18. The first-order valence-corrected chi connectivity index (χ1v) is 15.7. The predicted molar refractivity (Wildman–Crippen MR) is 171 cm³/mol. The number of anilines is 2. The van der Waals surface area contributed by atoms with Crippen molar-refractivity contribution in [3.05, 3.63) is 122 Å². The molecule has 4 aromatic carbocycles. The van der Waals surface area contributed by atoms with Gasteiger partial charge in [0.15, 0.2) is 0 Å².